The third kappa shape index (κ3) is 3.70. The SMILES string of the molecule is CC(C)c1ccc(/C=C/c2ccc(C#N)c(C#N)c2)cc1N=O. The zero-order valence-electron chi connectivity index (χ0n) is 12.9. The van der Waals surface area contributed by atoms with Crippen molar-refractivity contribution in [1.82, 2.24) is 0 Å². The first-order chi connectivity index (χ1) is 11.1. The molecule has 2 aromatic carbocycles. The van der Waals surface area contributed by atoms with Gasteiger partial charge in [0.1, 0.15) is 17.8 Å². The second-order valence-corrected chi connectivity index (χ2v) is 5.43. The Labute approximate surface area is 135 Å². The molecule has 2 aromatic rings. The summed E-state index contributed by atoms with van der Waals surface area (Å²) in [4.78, 5) is 11.0. The lowest BCUT2D eigenvalue weighted by atomic mass is 9.99. The Morgan fingerprint density at radius 1 is 0.957 bits per heavy atom. The van der Waals surface area contributed by atoms with Crippen LogP contribution in [0.2, 0.25) is 0 Å². The number of hydrogen-bond acceptors (Lipinski definition) is 4. The zero-order chi connectivity index (χ0) is 16.8. The zero-order valence-corrected chi connectivity index (χ0v) is 12.9. The predicted octanol–water partition coefficient (Wildman–Crippen LogP) is 5.12. The molecule has 0 radical (unpaired) electrons. The fourth-order valence-corrected chi connectivity index (χ4v) is 2.28. The Morgan fingerprint density at radius 2 is 1.57 bits per heavy atom. The van der Waals surface area contributed by atoms with Gasteiger partial charge in [-0.05, 0) is 46.0 Å². The summed E-state index contributed by atoms with van der Waals surface area (Å²) < 4.78 is 0. The molecule has 23 heavy (non-hydrogen) atoms. The van der Waals surface area contributed by atoms with Crippen molar-refractivity contribution in [2.24, 2.45) is 5.18 Å². The second kappa shape index (κ2) is 7.15. The molecule has 0 aromatic heterocycles. The molecule has 0 amide bonds. The van der Waals surface area contributed by atoms with E-state index >= 15 is 0 Å². The number of nitroso groups, excluding NO2 is 1. The van der Waals surface area contributed by atoms with Crippen LogP contribution in [-0.4, -0.2) is 0 Å². The van der Waals surface area contributed by atoms with Crippen molar-refractivity contribution in [3.8, 4) is 12.1 Å². The van der Waals surface area contributed by atoms with Gasteiger partial charge in [0, 0.05) is 0 Å². The van der Waals surface area contributed by atoms with E-state index in [9.17, 15) is 4.91 Å². The third-order valence-corrected chi connectivity index (χ3v) is 3.53. The van der Waals surface area contributed by atoms with Crippen molar-refractivity contribution in [3.63, 3.8) is 0 Å². The van der Waals surface area contributed by atoms with E-state index in [0.717, 1.165) is 16.7 Å². The fraction of sp³-hybridized carbons (Fsp3) is 0.158. The van der Waals surface area contributed by atoms with Crippen LogP contribution in [0, 0.1) is 27.6 Å². The van der Waals surface area contributed by atoms with Gasteiger partial charge < -0.3 is 0 Å². The Bertz CT molecular complexity index is 852. The molecule has 0 heterocycles. The largest absolute Gasteiger partial charge is 0.192 e. The van der Waals surface area contributed by atoms with Gasteiger partial charge in [-0.3, -0.25) is 0 Å². The van der Waals surface area contributed by atoms with E-state index < -0.39 is 0 Å². The summed E-state index contributed by atoms with van der Waals surface area (Å²) in [5.74, 6) is 0.234. The highest BCUT2D eigenvalue weighted by Crippen LogP contribution is 2.28. The minimum atomic E-state index is 0.234. The van der Waals surface area contributed by atoms with Gasteiger partial charge in [-0.25, -0.2) is 0 Å². The van der Waals surface area contributed by atoms with Crippen LogP contribution in [-0.2, 0) is 0 Å². The number of nitrogens with zero attached hydrogens (tertiary/aromatic N) is 3. The lowest BCUT2D eigenvalue weighted by Gasteiger charge is -2.07. The van der Waals surface area contributed by atoms with Crippen molar-refractivity contribution in [3.05, 3.63) is 69.1 Å². The molecular formula is C19H15N3O. The molecule has 0 saturated carbocycles. The summed E-state index contributed by atoms with van der Waals surface area (Å²) in [7, 11) is 0. The minimum Gasteiger partial charge on any atom is -0.192 e. The molecule has 0 bridgehead atoms. The van der Waals surface area contributed by atoms with Crippen molar-refractivity contribution >= 4 is 17.8 Å². The van der Waals surface area contributed by atoms with Gasteiger partial charge >= 0.3 is 0 Å². The van der Waals surface area contributed by atoms with Crippen molar-refractivity contribution in [2.75, 3.05) is 0 Å². The molecule has 4 heteroatoms. The quantitative estimate of drug-likeness (QED) is 0.580. The summed E-state index contributed by atoms with van der Waals surface area (Å²) in [5.41, 5.74) is 3.74. The monoisotopic (exact) mass is 301 g/mol. The van der Waals surface area contributed by atoms with Gasteiger partial charge in [-0.15, -0.1) is 4.91 Å². The highest BCUT2D eigenvalue weighted by Gasteiger charge is 2.07. The minimum absolute atomic E-state index is 0.234. The molecule has 0 fully saturated rings. The first-order valence-corrected chi connectivity index (χ1v) is 7.18. The van der Waals surface area contributed by atoms with Gasteiger partial charge in [0.15, 0.2) is 0 Å². The Morgan fingerprint density at radius 3 is 2.13 bits per heavy atom. The van der Waals surface area contributed by atoms with Gasteiger partial charge in [0.2, 0.25) is 0 Å². The van der Waals surface area contributed by atoms with E-state index in [1.54, 1.807) is 24.3 Å². The summed E-state index contributed by atoms with van der Waals surface area (Å²) in [6.07, 6.45) is 3.68. The molecule has 0 unspecified atom stereocenters. The lowest BCUT2D eigenvalue weighted by molar-refractivity contribution is 0.866. The van der Waals surface area contributed by atoms with Crippen LogP contribution < -0.4 is 0 Å². The third-order valence-electron chi connectivity index (χ3n) is 3.53. The average molecular weight is 301 g/mol. The highest BCUT2D eigenvalue weighted by atomic mass is 16.3. The maximum absolute atomic E-state index is 11.0. The highest BCUT2D eigenvalue weighted by molar-refractivity contribution is 5.72. The number of benzene rings is 2. The van der Waals surface area contributed by atoms with E-state index in [2.05, 4.69) is 5.18 Å². The van der Waals surface area contributed by atoms with E-state index in [4.69, 9.17) is 10.5 Å². The molecule has 0 aliphatic rings. The molecule has 112 valence electrons. The number of hydrogen-bond donors (Lipinski definition) is 0. The summed E-state index contributed by atoms with van der Waals surface area (Å²) in [6.45, 7) is 4.03. The Kier molecular flexibility index (Phi) is 5.02. The predicted molar refractivity (Wildman–Crippen MR) is 90.8 cm³/mol. The second-order valence-electron chi connectivity index (χ2n) is 5.43. The normalized spacial score (nSPS) is 10.5. The Balaban J connectivity index is 2.33. The molecule has 0 N–H and O–H groups in total. The standard InChI is InChI=1S/C19H15N3O/c1-13(2)18-8-6-15(10-19(18)22-23)4-3-14-5-7-16(11-20)17(9-14)12-21/h3-10,13H,1-2H3/b4-3+. The maximum atomic E-state index is 11.0. The molecule has 0 spiro atoms. The molecule has 0 atom stereocenters. The first-order valence-electron chi connectivity index (χ1n) is 7.18. The van der Waals surface area contributed by atoms with Crippen LogP contribution in [0.5, 0.6) is 0 Å². The average Bonchev–Trinajstić information content (AvgIpc) is 2.59. The van der Waals surface area contributed by atoms with Gasteiger partial charge in [0.05, 0.1) is 11.1 Å². The maximum Gasteiger partial charge on any atom is 0.112 e. The van der Waals surface area contributed by atoms with Crippen LogP contribution in [0.3, 0.4) is 0 Å². The van der Waals surface area contributed by atoms with Crippen LogP contribution in [0.25, 0.3) is 12.2 Å². The van der Waals surface area contributed by atoms with E-state index in [1.807, 2.05) is 50.3 Å². The molecule has 4 nitrogen and oxygen atoms in total. The van der Waals surface area contributed by atoms with Crippen molar-refractivity contribution in [1.29, 1.82) is 10.5 Å². The smallest absolute Gasteiger partial charge is 0.112 e. The summed E-state index contributed by atoms with van der Waals surface area (Å²) in [6, 6.07) is 14.6. The van der Waals surface area contributed by atoms with E-state index in [1.165, 1.54) is 0 Å². The fourth-order valence-electron chi connectivity index (χ4n) is 2.28. The van der Waals surface area contributed by atoms with Gasteiger partial charge in [-0.2, -0.15) is 10.5 Å². The molecule has 2 rings (SSSR count). The van der Waals surface area contributed by atoms with Crippen LogP contribution in [0.1, 0.15) is 47.6 Å². The lowest BCUT2D eigenvalue weighted by Crippen LogP contribution is -1.88. The van der Waals surface area contributed by atoms with Crippen LogP contribution >= 0.6 is 0 Å². The molecule has 0 aliphatic heterocycles. The molecular weight excluding hydrogens is 286 g/mol. The van der Waals surface area contributed by atoms with Crippen LogP contribution in [0.4, 0.5) is 5.69 Å². The van der Waals surface area contributed by atoms with E-state index in [0.29, 0.717) is 16.8 Å². The van der Waals surface area contributed by atoms with Gasteiger partial charge in [-0.1, -0.05) is 44.2 Å². The Hall–Kier alpha value is -3.24. The molecule has 0 saturated heterocycles. The first kappa shape index (κ1) is 16.1. The summed E-state index contributed by atoms with van der Waals surface area (Å²) >= 11 is 0. The van der Waals surface area contributed by atoms with Crippen LogP contribution in [0.15, 0.2) is 41.6 Å². The number of rotatable bonds is 4. The van der Waals surface area contributed by atoms with E-state index in [-0.39, 0.29) is 5.92 Å². The van der Waals surface area contributed by atoms with Gasteiger partial charge in [0.25, 0.3) is 0 Å². The van der Waals surface area contributed by atoms with Crippen molar-refractivity contribution in [2.45, 2.75) is 19.8 Å². The molecule has 0 aliphatic carbocycles. The summed E-state index contributed by atoms with van der Waals surface area (Å²) in [5, 5.41) is 21.0. The van der Waals surface area contributed by atoms with Crippen molar-refractivity contribution < 1.29 is 0 Å². The topological polar surface area (TPSA) is 77.0 Å². The number of nitriles is 2.